The van der Waals surface area contributed by atoms with Crippen LogP contribution in [-0.4, -0.2) is 27.3 Å². The minimum Gasteiger partial charge on any atom is -0.500 e. The van der Waals surface area contributed by atoms with Gasteiger partial charge in [0.25, 0.3) is 0 Å². The van der Waals surface area contributed by atoms with Crippen LogP contribution >= 0.6 is 0 Å². The zero-order chi connectivity index (χ0) is 18.3. The molecule has 1 aromatic carbocycles. The monoisotopic (exact) mass is 343 g/mol. The molecule has 4 N–H and O–H groups in total. The number of nitriles is 1. The average molecular weight is 343 g/mol. The quantitative estimate of drug-likeness (QED) is 0.559. The van der Waals surface area contributed by atoms with Gasteiger partial charge >= 0.3 is 5.69 Å². The van der Waals surface area contributed by atoms with Gasteiger partial charge in [0.05, 0.1) is 18.0 Å². The number of hydrogen-bond donors (Lipinski definition) is 3. The van der Waals surface area contributed by atoms with Gasteiger partial charge in [-0.15, -0.1) is 5.10 Å². The number of benzene rings is 1. The van der Waals surface area contributed by atoms with Gasteiger partial charge in [0.15, 0.2) is 5.75 Å². The van der Waals surface area contributed by atoms with Crippen LogP contribution in [0.2, 0.25) is 0 Å². The summed E-state index contributed by atoms with van der Waals surface area (Å²) in [6.45, 7) is 1.73. The number of nitrogens with two attached hydrogens (primary N) is 1. The van der Waals surface area contributed by atoms with E-state index in [0.29, 0.717) is 16.8 Å². The fourth-order valence-corrected chi connectivity index (χ4v) is 2.81. The number of fused-ring (bicyclic) bond motifs is 1. The van der Waals surface area contributed by atoms with Crippen molar-refractivity contribution in [2.75, 3.05) is 7.11 Å². The minimum absolute atomic E-state index is 0.0824. The number of nitrogens with zero attached hydrogens (tertiary/aromatic N) is 3. The first-order chi connectivity index (χ1) is 11.9. The molecule has 10 heteroatoms. The lowest BCUT2D eigenvalue weighted by Gasteiger charge is -2.24. The second kappa shape index (κ2) is 5.72. The van der Waals surface area contributed by atoms with Crippen molar-refractivity contribution in [2.24, 2.45) is 5.73 Å². The average Bonchev–Trinajstić information content (AvgIpc) is 2.94. The van der Waals surface area contributed by atoms with Crippen molar-refractivity contribution in [3.05, 3.63) is 50.5 Å². The number of allylic oxidation sites excluding steroid dienone is 1. The maximum atomic E-state index is 11.2. The summed E-state index contributed by atoms with van der Waals surface area (Å²) in [6, 6.07) is 4.57. The van der Waals surface area contributed by atoms with Gasteiger partial charge in [-0.05, 0) is 18.6 Å². The number of rotatable bonds is 3. The molecular formula is C15H13N5O5. The van der Waals surface area contributed by atoms with Crippen LogP contribution in [0.3, 0.4) is 0 Å². The van der Waals surface area contributed by atoms with E-state index in [-0.39, 0.29) is 23.1 Å². The highest BCUT2D eigenvalue weighted by Crippen LogP contribution is 2.46. The Labute approximate surface area is 141 Å². The number of hydrogen-bond acceptors (Lipinski definition) is 8. The Bertz CT molecular complexity index is 956. The SMILES string of the molecule is COc1cc([C@@H]2C(C#N)=C(N)Oc3n[nH]c(C)c32)cc([N+](=O)[O-])c1O. The standard InChI is InChI=1S/C15H13N5O5/c1-6-11-12(8(5-16)14(17)25-15(11)19-18-6)7-3-9(20(22)23)13(21)10(4-7)24-2/h3-4,12,21H,17H2,1-2H3,(H,18,19)/t12-/m1/s1. The molecule has 3 rings (SSSR count). The zero-order valence-electron chi connectivity index (χ0n) is 13.2. The summed E-state index contributed by atoms with van der Waals surface area (Å²) in [5, 5.41) is 37.4. The van der Waals surface area contributed by atoms with E-state index in [0.717, 1.165) is 0 Å². The maximum absolute atomic E-state index is 11.2. The Kier molecular flexibility index (Phi) is 3.69. The van der Waals surface area contributed by atoms with E-state index in [1.54, 1.807) is 6.92 Å². The third kappa shape index (κ3) is 2.38. The van der Waals surface area contributed by atoms with Gasteiger partial charge in [-0.2, -0.15) is 5.26 Å². The number of nitrogens with one attached hydrogen (secondary N) is 1. The predicted molar refractivity (Wildman–Crippen MR) is 83.9 cm³/mol. The first-order valence-electron chi connectivity index (χ1n) is 7.06. The van der Waals surface area contributed by atoms with Crippen molar-refractivity contribution in [1.29, 1.82) is 5.26 Å². The summed E-state index contributed by atoms with van der Waals surface area (Å²) in [5.41, 5.74) is 6.84. The summed E-state index contributed by atoms with van der Waals surface area (Å²) in [6.07, 6.45) is 0. The van der Waals surface area contributed by atoms with Crippen molar-refractivity contribution in [1.82, 2.24) is 10.2 Å². The fourth-order valence-electron chi connectivity index (χ4n) is 2.81. The summed E-state index contributed by atoms with van der Waals surface area (Å²) in [4.78, 5) is 10.5. The highest BCUT2D eigenvalue weighted by molar-refractivity contribution is 5.62. The molecule has 0 amide bonds. The third-order valence-electron chi connectivity index (χ3n) is 3.96. The molecule has 10 nitrogen and oxygen atoms in total. The summed E-state index contributed by atoms with van der Waals surface area (Å²) in [5.74, 6) is -1.38. The van der Waals surface area contributed by atoms with Crippen molar-refractivity contribution in [2.45, 2.75) is 12.8 Å². The van der Waals surface area contributed by atoms with Crippen LogP contribution in [0.5, 0.6) is 17.4 Å². The minimum atomic E-state index is -0.749. The number of phenols is 1. The molecule has 25 heavy (non-hydrogen) atoms. The topological polar surface area (TPSA) is 160 Å². The number of methoxy groups -OCH3 is 1. The van der Waals surface area contributed by atoms with Crippen molar-refractivity contribution in [3.8, 4) is 23.4 Å². The Morgan fingerprint density at radius 1 is 1.56 bits per heavy atom. The largest absolute Gasteiger partial charge is 0.500 e. The van der Waals surface area contributed by atoms with E-state index in [1.807, 2.05) is 6.07 Å². The van der Waals surface area contributed by atoms with Gasteiger partial charge in [-0.25, -0.2) is 0 Å². The first-order valence-corrected chi connectivity index (χ1v) is 7.06. The number of aromatic hydroxyl groups is 1. The Morgan fingerprint density at radius 3 is 2.88 bits per heavy atom. The number of phenolic OH excluding ortho intramolecular Hbond substituents is 1. The second-order valence-electron chi connectivity index (χ2n) is 5.34. The Hall–Kier alpha value is -3.74. The maximum Gasteiger partial charge on any atom is 0.314 e. The molecular weight excluding hydrogens is 330 g/mol. The molecule has 0 fully saturated rings. The lowest BCUT2D eigenvalue weighted by atomic mass is 9.84. The predicted octanol–water partition coefficient (Wildman–Crippen LogP) is 1.56. The van der Waals surface area contributed by atoms with Crippen LogP contribution in [-0.2, 0) is 0 Å². The first kappa shape index (κ1) is 16.1. The molecule has 1 aliphatic heterocycles. The molecule has 0 saturated heterocycles. The molecule has 1 atom stereocenters. The molecule has 0 radical (unpaired) electrons. The van der Waals surface area contributed by atoms with Gasteiger partial charge in [-0.3, -0.25) is 15.2 Å². The lowest BCUT2D eigenvalue weighted by Crippen LogP contribution is -2.21. The number of aromatic amines is 1. The Balaban J connectivity index is 2.31. The van der Waals surface area contributed by atoms with Crippen LogP contribution < -0.4 is 15.2 Å². The Morgan fingerprint density at radius 2 is 2.28 bits per heavy atom. The number of aryl methyl sites for hydroxylation is 1. The van der Waals surface area contributed by atoms with Crippen LogP contribution in [0.25, 0.3) is 0 Å². The van der Waals surface area contributed by atoms with Crippen molar-refractivity contribution in [3.63, 3.8) is 0 Å². The molecule has 2 heterocycles. The van der Waals surface area contributed by atoms with E-state index < -0.39 is 22.3 Å². The summed E-state index contributed by atoms with van der Waals surface area (Å²) in [7, 11) is 1.27. The summed E-state index contributed by atoms with van der Waals surface area (Å²) < 4.78 is 10.4. The third-order valence-corrected chi connectivity index (χ3v) is 3.96. The number of nitro groups is 1. The number of aromatic nitrogens is 2. The molecule has 0 spiro atoms. The highest BCUT2D eigenvalue weighted by Gasteiger charge is 2.36. The molecule has 0 bridgehead atoms. The number of nitro benzene ring substituents is 1. The molecule has 128 valence electrons. The van der Waals surface area contributed by atoms with Crippen LogP contribution in [0.1, 0.15) is 22.7 Å². The van der Waals surface area contributed by atoms with E-state index in [9.17, 15) is 20.5 Å². The molecule has 0 aliphatic carbocycles. The van der Waals surface area contributed by atoms with Gasteiger partial charge in [0.1, 0.15) is 11.6 Å². The molecule has 2 aromatic rings. The van der Waals surface area contributed by atoms with Crippen molar-refractivity contribution >= 4 is 5.69 Å². The van der Waals surface area contributed by atoms with Crippen molar-refractivity contribution < 1.29 is 19.5 Å². The molecule has 1 aliphatic rings. The summed E-state index contributed by atoms with van der Waals surface area (Å²) >= 11 is 0. The molecule has 1 aromatic heterocycles. The normalized spacial score (nSPS) is 16.0. The van der Waals surface area contributed by atoms with Crippen LogP contribution in [0.4, 0.5) is 5.69 Å². The van der Waals surface area contributed by atoms with Gasteiger partial charge < -0.3 is 20.3 Å². The van der Waals surface area contributed by atoms with E-state index in [4.69, 9.17) is 15.2 Å². The van der Waals surface area contributed by atoms with Gasteiger partial charge in [0, 0.05) is 17.3 Å². The number of H-pyrrole nitrogens is 1. The zero-order valence-corrected chi connectivity index (χ0v) is 13.2. The van der Waals surface area contributed by atoms with E-state index >= 15 is 0 Å². The van der Waals surface area contributed by atoms with Crippen LogP contribution in [0.15, 0.2) is 23.6 Å². The van der Waals surface area contributed by atoms with Gasteiger partial charge in [-0.1, -0.05) is 0 Å². The van der Waals surface area contributed by atoms with E-state index in [1.165, 1.54) is 19.2 Å². The fraction of sp³-hybridized carbons (Fsp3) is 0.200. The lowest BCUT2D eigenvalue weighted by molar-refractivity contribution is -0.386. The van der Waals surface area contributed by atoms with Gasteiger partial charge in [0.2, 0.25) is 17.5 Å². The molecule has 0 saturated carbocycles. The van der Waals surface area contributed by atoms with Crippen LogP contribution in [0, 0.1) is 28.4 Å². The highest BCUT2D eigenvalue weighted by atomic mass is 16.6. The smallest absolute Gasteiger partial charge is 0.314 e. The second-order valence-corrected chi connectivity index (χ2v) is 5.34. The number of ether oxygens (including phenoxy) is 2. The molecule has 0 unspecified atom stereocenters. The van der Waals surface area contributed by atoms with E-state index in [2.05, 4.69) is 10.2 Å².